The van der Waals surface area contributed by atoms with Crippen molar-refractivity contribution in [3.05, 3.63) is 53.1 Å². The van der Waals surface area contributed by atoms with Gasteiger partial charge in [0, 0.05) is 32.6 Å². The van der Waals surface area contributed by atoms with Crippen LogP contribution in [0.4, 0.5) is 0 Å². The third-order valence-corrected chi connectivity index (χ3v) is 7.47. The Hall–Kier alpha value is -2.77. The standard InChI is InChI=1S/C30H42N2O5/c1-23-8-10-26(24(2)19-23)37-22-30(34)12-5-14-31(17-13-30)21-25-9-11-27(28(20-25)35-3)36-18-6-16-32-15-4-7-29(32)33/h8-11,19-20,34H,4-7,12-18,21-22H2,1-3H3. The lowest BCUT2D eigenvalue weighted by Gasteiger charge is -2.27. The summed E-state index contributed by atoms with van der Waals surface area (Å²) in [5.74, 6) is 2.55. The predicted molar refractivity (Wildman–Crippen MR) is 144 cm³/mol. The van der Waals surface area contributed by atoms with Gasteiger partial charge in [-0.05, 0) is 81.8 Å². The number of amides is 1. The van der Waals surface area contributed by atoms with Crippen LogP contribution in [0.1, 0.15) is 55.2 Å². The van der Waals surface area contributed by atoms with Gasteiger partial charge in [-0.15, -0.1) is 0 Å². The van der Waals surface area contributed by atoms with Crippen molar-refractivity contribution < 1.29 is 24.1 Å². The van der Waals surface area contributed by atoms with Crippen LogP contribution in [0.5, 0.6) is 17.2 Å². The maximum atomic E-state index is 11.8. The van der Waals surface area contributed by atoms with E-state index < -0.39 is 5.60 Å². The van der Waals surface area contributed by atoms with Crippen molar-refractivity contribution in [3.8, 4) is 17.2 Å². The van der Waals surface area contributed by atoms with Crippen LogP contribution in [-0.2, 0) is 11.3 Å². The summed E-state index contributed by atoms with van der Waals surface area (Å²) >= 11 is 0. The first-order chi connectivity index (χ1) is 17.8. The molecule has 7 heteroatoms. The molecular formula is C30H42N2O5. The van der Waals surface area contributed by atoms with Crippen LogP contribution in [0.3, 0.4) is 0 Å². The zero-order chi connectivity index (χ0) is 26.3. The van der Waals surface area contributed by atoms with Crippen LogP contribution in [0.2, 0.25) is 0 Å². The smallest absolute Gasteiger partial charge is 0.222 e. The second-order valence-corrected chi connectivity index (χ2v) is 10.6. The number of hydrogen-bond acceptors (Lipinski definition) is 6. The van der Waals surface area contributed by atoms with E-state index in [1.807, 2.05) is 36.1 Å². The molecule has 2 heterocycles. The Morgan fingerprint density at radius 1 is 0.946 bits per heavy atom. The second-order valence-electron chi connectivity index (χ2n) is 10.6. The van der Waals surface area contributed by atoms with E-state index in [1.54, 1.807) is 7.11 Å². The summed E-state index contributed by atoms with van der Waals surface area (Å²) in [5.41, 5.74) is 2.65. The van der Waals surface area contributed by atoms with Crippen LogP contribution >= 0.6 is 0 Å². The average molecular weight is 511 g/mol. The van der Waals surface area contributed by atoms with Gasteiger partial charge in [0.15, 0.2) is 11.5 Å². The second kappa shape index (κ2) is 12.7. The molecule has 1 N–H and O–H groups in total. The van der Waals surface area contributed by atoms with Crippen molar-refractivity contribution in [1.82, 2.24) is 9.80 Å². The molecule has 2 saturated heterocycles. The molecule has 37 heavy (non-hydrogen) atoms. The predicted octanol–water partition coefficient (Wildman–Crippen LogP) is 4.50. The minimum absolute atomic E-state index is 0.253. The fourth-order valence-electron chi connectivity index (χ4n) is 5.28. The highest BCUT2D eigenvalue weighted by molar-refractivity contribution is 5.78. The highest BCUT2D eigenvalue weighted by Crippen LogP contribution is 2.30. The fraction of sp³-hybridized carbons (Fsp3) is 0.567. The van der Waals surface area contributed by atoms with Crippen LogP contribution in [-0.4, -0.2) is 72.9 Å². The maximum Gasteiger partial charge on any atom is 0.222 e. The normalized spacial score (nSPS) is 20.6. The van der Waals surface area contributed by atoms with Crippen molar-refractivity contribution in [2.45, 2.75) is 64.5 Å². The highest BCUT2D eigenvalue weighted by atomic mass is 16.5. The van der Waals surface area contributed by atoms with Crippen LogP contribution in [0.25, 0.3) is 0 Å². The Kier molecular flexibility index (Phi) is 9.33. The summed E-state index contributed by atoms with van der Waals surface area (Å²) in [4.78, 5) is 16.1. The summed E-state index contributed by atoms with van der Waals surface area (Å²) in [5, 5.41) is 11.2. The van der Waals surface area contributed by atoms with Crippen molar-refractivity contribution in [2.24, 2.45) is 0 Å². The summed E-state index contributed by atoms with van der Waals surface area (Å²) in [6.45, 7) is 9.13. The lowest BCUT2D eigenvalue weighted by molar-refractivity contribution is -0.127. The number of carbonyl (C=O) groups is 1. The quantitative estimate of drug-likeness (QED) is 0.449. The number of rotatable bonds is 11. The molecule has 2 fully saturated rings. The van der Waals surface area contributed by atoms with Gasteiger partial charge >= 0.3 is 0 Å². The van der Waals surface area contributed by atoms with Crippen LogP contribution in [0, 0.1) is 13.8 Å². The molecule has 1 unspecified atom stereocenters. The molecule has 0 aliphatic carbocycles. The topological polar surface area (TPSA) is 71.5 Å². The van der Waals surface area contributed by atoms with Gasteiger partial charge in [0.25, 0.3) is 0 Å². The van der Waals surface area contributed by atoms with E-state index in [2.05, 4.69) is 24.0 Å². The monoisotopic (exact) mass is 510 g/mol. The van der Waals surface area contributed by atoms with E-state index in [1.165, 1.54) is 5.56 Å². The van der Waals surface area contributed by atoms with Crippen molar-refractivity contribution in [3.63, 3.8) is 0 Å². The summed E-state index contributed by atoms with van der Waals surface area (Å²) in [6, 6.07) is 12.2. The molecule has 2 aromatic carbocycles. The Balaban J connectivity index is 1.25. The molecule has 0 aromatic heterocycles. The van der Waals surface area contributed by atoms with Crippen LogP contribution in [0.15, 0.2) is 36.4 Å². The zero-order valence-corrected chi connectivity index (χ0v) is 22.6. The summed E-state index contributed by atoms with van der Waals surface area (Å²) in [7, 11) is 1.66. The van der Waals surface area contributed by atoms with Crippen molar-refractivity contribution in [2.75, 3.05) is 46.5 Å². The third-order valence-electron chi connectivity index (χ3n) is 7.47. The third kappa shape index (κ3) is 7.62. The van der Waals surface area contributed by atoms with Gasteiger partial charge in [-0.3, -0.25) is 9.69 Å². The first kappa shape index (κ1) is 27.3. The van der Waals surface area contributed by atoms with E-state index in [9.17, 15) is 9.90 Å². The summed E-state index contributed by atoms with van der Waals surface area (Å²) < 4.78 is 17.6. The molecule has 7 nitrogen and oxygen atoms in total. The molecule has 202 valence electrons. The van der Waals surface area contributed by atoms with E-state index >= 15 is 0 Å². The Labute approximate surface area is 221 Å². The molecule has 0 spiro atoms. The number of benzene rings is 2. The minimum atomic E-state index is -0.818. The number of methoxy groups -OCH3 is 1. The fourth-order valence-corrected chi connectivity index (χ4v) is 5.28. The van der Waals surface area contributed by atoms with Gasteiger partial charge in [-0.25, -0.2) is 0 Å². The number of aliphatic hydroxyl groups is 1. The number of carbonyl (C=O) groups excluding carboxylic acids is 1. The van der Waals surface area contributed by atoms with Crippen molar-refractivity contribution in [1.29, 1.82) is 0 Å². The van der Waals surface area contributed by atoms with Gasteiger partial charge in [-0.1, -0.05) is 23.8 Å². The molecule has 2 aliphatic heterocycles. The van der Waals surface area contributed by atoms with Gasteiger partial charge in [0.1, 0.15) is 12.4 Å². The molecule has 0 radical (unpaired) electrons. The molecule has 2 aliphatic rings. The SMILES string of the molecule is COc1cc(CN2CCCC(O)(COc3ccc(C)cc3C)CC2)ccc1OCCCN1CCCC1=O. The highest BCUT2D eigenvalue weighted by Gasteiger charge is 2.31. The van der Waals surface area contributed by atoms with Gasteiger partial charge in [0.2, 0.25) is 5.91 Å². The van der Waals surface area contributed by atoms with E-state index in [0.717, 1.165) is 86.8 Å². The number of likely N-dealkylation sites (tertiary alicyclic amines) is 2. The molecule has 0 saturated carbocycles. The minimum Gasteiger partial charge on any atom is -0.493 e. The number of aryl methyl sites for hydroxylation is 2. The molecule has 1 atom stereocenters. The lowest BCUT2D eigenvalue weighted by atomic mass is 9.96. The Bertz CT molecular complexity index is 1060. The largest absolute Gasteiger partial charge is 0.493 e. The van der Waals surface area contributed by atoms with Crippen LogP contribution < -0.4 is 14.2 Å². The molecular weight excluding hydrogens is 468 g/mol. The van der Waals surface area contributed by atoms with E-state index in [-0.39, 0.29) is 5.91 Å². The summed E-state index contributed by atoms with van der Waals surface area (Å²) in [6.07, 6.45) is 4.77. The number of nitrogens with zero attached hydrogens (tertiary/aromatic N) is 2. The average Bonchev–Trinajstić information content (AvgIpc) is 3.20. The maximum absolute atomic E-state index is 11.8. The van der Waals surface area contributed by atoms with Gasteiger partial charge < -0.3 is 24.2 Å². The zero-order valence-electron chi connectivity index (χ0n) is 22.6. The lowest BCUT2D eigenvalue weighted by Crippen LogP contribution is -2.37. The molecule has 1 amide bonds. The first-order valence-corrected chi connectivity index (χ1v) is 13.6. The number of hydrogen-bond donors (Lipinski definition) is 1. The number of ether oxygens (including phenoxy) is 3. The first-order valence-electron chi connectivity index (χ1n) is 13.6. The molecule has 4 rings (SSSR count). The van der Waals surface area contributed by atoms with Crippen molar-refractivity contribution >= 4 is 5.91 Å². The van der Waals surface area contributed by atoms with Gasteiger partial charge in [-0.2, -0.15) is 0 Å². The Morgan fingerprint density at radius 3 is 2.54 bits per heavy atom. The van der Waals surface area contributed by atoms with E-state index in [4.69, 9.17) is 14.2 Å². The van der Waals surface area contributed by atoms with E-state index in [0.29, 0.717) is 26.1 Å². The molecule has 0 bridgehead atoms. The Morgan fingerprint density at radius 2 is 1.78 bits per heavy atom. The van der Waals surface area contributed by atoms with Gasteiger partial charge in [0.05, 0.1) is 19.3 Å². The molecule has 2 aromatic rings.